The minimum absolute atomic E-state index is 0.0595. The molecule has 1 N–H and O–H groups in total. The van der Waals surface area contributed by atoms with E-state index in [1.54, 1.807) is 10.9 Å². The molecule has 100 valence electrons. The van der Waals surface area contributed by atoms with Crippen LogP contribution in [-0.4, -0.2) is 26.1 Å². The van der Waals surface area contributed by atoms with Crippen LogP contribution in [0.25, 0.3) is 0 Å². The summed E-state index contributed by atoms with van der Waals surface area (Å²) in [7, 11) is 0. The first-order valence-electron chi connectivity index (χ1n) is 5.90. The molecule has 19 heavy (non-hydrogen) atoms. The van der Waals surface area contributed by atoms with Crippen LogP contribution in [0, 0.1) is 6.92 Å². The van der Waals surface area contributed by atoms with Crippen molar-refractivity contribution < 1.29 is 9.90 Å². The summed E-state index contributed by atoms with van der Waals surface area (Å²) in [6, 6.07) is 5.85. The Morgan fingerprint density at radius 2 is 2.26 bits per heavy atom. The Bertz CT molecular complexity index is 595. The van der Waals surface area contributed by atoms with Gasteiger partial charge in [0.05, 0.1) is 18.7 Å². The molecule has 0 fully saturated rings. The average Bonchev–Trinajstić information content (AvgIpc) is 2.78. The van der Waals surface area contributed by atoms with Gasteiger partial charge in [-0.2, -0.15) is 0 Å². The largest absolute Gasteiger partial charge is 0.481 e. The number of carboxylic acid groups (broad SMARTS) is 1. The van der Waals surface area contributed by atoms with Crippen LogP contribution >= 0.6 is 11.6 Å². The molecule has 0 aliphatic carbocycles. The summed E-state index contributed by atoms with van der Waals surface area (Å²) in [5.41, 5.74) is 2.74. The van der Waals surface area contributed by atoms with Crippen molar-refractivity contribution in [2.75, 3.05) is 0 Å². The van der Waals surface area contributed by atoms with E-state index in [9.17, 15) is 4.79 Å². The average molecular weight is 280 g/mol. The number of halogens is 1. The smallest absolute Gasteiger partial charge is 0.303 e. The first kappa shape index (κ1) is 13.5. The Kier molecular flexibility index (Phi) is 4.16. The molecular formula is C13H14ClN3O2. The van der Waals surface area contributed by atoms with Crippen molar-refractivity contribution in [1.82, 2.24) is 15.0 Å². The van der Waals surface area contributed by atoms with Crippen molar-refractivity contribution in [3.8, 4) is 0 Å². The van der Waals surface area contributed by atoms with Gasteiger partial charge < -0.3 is 5.11 Å². The molecule has 0 aliphatic rings. The Morgan fingerprint density at radius 3 is 2.95 bits per heavy atom. The minimum atomic E-state index is -0.837. The standard InChI is InChI=1S/C13H14ClN3O2/c1-9-2-3-10(12(14)6-9)7-17-8-11(15-16-17)4-5-13(18)19/h2-3,6,8H,4-5,7H2,1H3,(H,18,19). The van der Waals surface area contributed by atoms with Crippen molar-refractivity contribution >= 4 is 17.6 Å². The zero-order chi connectivity index (χ0) is 13.8. The molecule has 2 aromatic rings. The van der Waals surface area contributed by atoms with Gasteiger partial charge >= 0.3 is 5.97 Å². The lowest BCUT2D eigenvalue weighted by atomic mass is 10.1. The molecule has 0 unspecified atom stereocenters. The van der Waals surface area contributed by atoms with Gasteiger partial charge in [-0.25, -0.2) is 4.68 Å². The number of hydrogen-bond acceptors (Lipinski definition) is 3. The van der Waals surface area contributed by atoms with E-state index < -0.39 is 5.97 Å². The number of nitrogens with zero attached hydrogens (tertiary/aromatic N) is 3. The van der Waals surface area contributed by atoms with Crippen molar-refractivity contribution in [1.29, 1.82) is 0 Å². The fourth-order valence-electron chi connectivity index (χ4n) is 1.72. The summed E-state index contributed by atoms with van der Waals surface area (Å²) in [6.45, 7) is 2.51. The summed E-state index contributed by atoms with van der Waals surface area (Å²) in [5, 5.41) is 17.2. The quantitative estimate of drug-likeness (QED) is 0.912. The van der Waals surface area contributed by atoms with Crippen molar-refractivity contribution in [2.24, 2.45) is 0 Å². The van der Waals surface area contributed by atoms with E-state index in [0.29, 0.717) is 23.7 Å². The fourth-order valence-corrected chi connectivity index (χ4v) is 2.02. The van der Waals surface area contributed by atoms with Gasteiger partial charge in [0.2, 0.25) is 0 Å². The zero-order valence-corrected chi connectivity index (χ0v) is 11.3. The van der Waals surface area contributed by atoms with Crippen LogP contribution in [-0.2, 0) is 17.8 Å². The van der Waals surface area contributed by atoms with Crippen LogP contribution in [0.5, 0.6) is 0 Å². The van der Waals surface area contributed by atoms with Gasteiger partial charge in [0.15, 0.2) is 0 Å². The third-order valence-corrected chi connectivity index (χ3v) is 3.07. The molecule has 1 heterocycles. The first-order chi connectivity index (χ1) is 9.04. The number of aryl methyl sites for hydroxylation is 2. The highest BCUT2D eigenvalue weighted by molar-refractivity contribution is 6.31. The van der Waals surface area contributed by atoms with Crippen molar-refractivity contribution in [3.63, 3.8) is 0 Å². The Morgan fingerprint density at radius 1 is 1.47 bits per heavy atom. The second-order valence-corrected chi connectivity index (χ2v) is 4.80. The molecule has 1 aromatic heterocycles. The highest BCUT2D eigenvalue weighted by Crippen LogP contribution is 2.18. The summed E-state index contributed by atoms with van der Waals surface area (Å²) in [4.78, 5) is 10.5. The molecule has 0 atom stereocenters. The van der Waals surface area contributed by atoms with Crippen LogP contribution in [0.2, 0.25) is 5.02 Å². The Balaban J connectivity index is 2.05. The van der Waals surface area contributed by atoms with E-state index >= 15 is 0 Å². The van der Waals surface area contributed by atoms with Gasteiger partial charge in [-0.05, 0) is 24.1 Å². The van der Waals surface area contributed by atoms with Gasteiger partial charge in [0.1, 0.15) is 0 Å². The topological polar surface area (TPSA) is 68.0 Å². The third-order valence-electron chi connectivity index (χ3n) is 2.72. The summed E-state index contributed by atoms with van der Waals surface area (Å²) < 4.78 is 1.66. The van der Waals surface area contributed by atoms with Gasteiger partial charge in [-0.3, -0.25) is 4.79 Å². The molecule has 0 spiro atoms. The molecule has 0 saturated carbocycles. The predicted octanol–water partition coefficient (Wildman–Crippen LogP) is 2.31. The Labute approximate surface area is 115 Å². The number of benzene rings is 1. The molecule has 0 amide bonds. The highest BCUT2D eigenvalue weighted by atomic mass is 35.5. The number of carbonyl (C=O) groups is 1. The maximum Gasteiger partial charge on any atom is 0.303 e. The summed E-state index contributed by atoms with van der Waals surface area (Å²) in [5.74, 6) is -0.837. The second kappa shape index (κ2) is 5.84. The number of hydrogen-bond donors (Lipinski definition) is 1. The monoisotopic (exact) mass is 279 g/mol. The fraction of sp³-hybridized carbons (Fsp3) is 0.308. The minimum Gasteiger partial charge on any atom is -0.481 e. The van der Waals surface area contributed by atoms with Gasteiger partial charge in [0.25, 0.3) is 0 Å². The molecule has 0 saturated heterocycles. The van der Waals surface area contributed by atoms with E-state index in [1.165, 1.54) is 0 Å². The van der Waals surface area contributed by atoms with Gasteiger partial charge in [-0.15, -0.1) is 5.10 Å². The lowest BCUT2D eigenvalue weighted by Gasteiger charge is -2.04. The molecule has 6 heteroatoms. The van der Waals surface area contributed by atoms with Crippen LogP contribution in [0.3, 0.4) is 0 Å². The number of aliphatic carboxylic acids is 1. The van der Waals surface area contributed by atoms with Crippen LogP contribution in [0.4, 0.5) is 0 Å². The number of aromatic nitrogens is 3. The maximum absolute atomic E-state index is 10.5. The van der Waals surface area contributed by atoms with E-state index in [4.69, 9.17) is 16.7 Å². The number of carboxylic acids is 1. The summed E-state index contributed by atoms with van der Waals surface area (Å²) in [6.07, 6.45) is 2.19. The molecule has 0 bridgehead atoms. The van der Waals surface area contributed by atoms with Gasteiger partial charge in [0, 0.05) is 17.6 Å². The molecule has 2 rings (SSSR count). The van der Waals surface area contributed by atoms with E-state index in [0.717, 1.165) is 11.1 Å². The summed E-state index contributed by atoms with van der Waals surface area (Å²) >= 11 is 6.15. The van der Waals surface area contributed by atoms with Crippen molar-refractivity contribution in [3.05, 3.63) is 46.2 Å². The van der Waals surface area contributed by atoms with Crippen LogP contribution in [0.1, 0.15) is 23.2 Å². The molecule has 0 radical (unpaired) electrons. The second-order valence-electron chi connectivity index (χ2n) is 4.40. The maximum atomic E-state index is 10.5. The highest BCUT2D eigenvalue weighted by Gasteiger charge is 2.06. The van der Waals surface area contributed by atoms with E-state index in [1.807, 2.05) is 25.1 Å². The third kappa shape index (κ3) is 3.79. The Hall–Kier alpha value is -1.88. The van der Waals surface area contributed by atoms with Crippen molar-refractivity contribution in [2.45, 2.75) is 26.3 Å². The SMILES string of the molecule is Cc1ccc(Cn2cc(CCC(=O)O)nn2)c(Cl)c1. The molecule has 1 aromatic carbocycles. The predicted molar refractivity (Wildman–Crippen MR) is 71.3 cm³/mol. The molecular weight excluding hydrogens is 266 g/mol. The first-order valence-corrected chi connectivity index (χ1v) is 6.28. The van der Waals surface area contributed by atoms with Crippen LogP contribution < -0.4 is 0 Å². The lowest BCUT2D eigenvalue weighted by molar-refractivity contribution is -0.136. The van der Waals surface area contributed by atoms with E-state index in [2.05, 4.69) is 10.3 Å². The molecule has 0 aliphatic heterocycles. The zero-order valence-electron chi connectivity index (χ0n) is 10.5. The van der Waals surface area contributed by atoms with Gasteiger partial charge in [-0.1, -0.05) is 28.9 Å². The molecule has 5 nitrogen and oxygen atoms in total. The number of rotatable bonds is 5. The normalized spacial score (nSPS) is 10.6. The van der Waals surface area contributed by atoms with E-state index in [-0.39, 0.29) is 6.42 Å². The lowest BCUT2D eigenvalue weighted by Crippen LogP contribution is -2.01. The van der Waals surface area contributed by atoms with Crippen LogP contribution in [0.15, 0.2) is 24.4 Å².